The molecule has 2 heterocycles. The number of hydrogen-bond acceptors (Lipinski definition) is 3. The fraction of sp³-hybridized carbons (Fsp3) is 0.400. The van der Waals surface area contributed by atoms with Crippen molar-refractivity contribution in [2.75, 3.05) is 18.4 Å². The Kier molecular flexibility index (Phi) is 3.06. The smallest absolute Gasteiger partial charge is 0.320 e. The largest absolute Gasteiger partial charge is 0.321 e. The molecule has 0 spiro atoms. The number of carbonyl (C=O) groups is 1. The van der Waals surface area contributed by atoms with Gasteiger partial charge in [-0.25, -0.2) is 13.9 Å². The fourth-order valence-electron chi connectivity index (χ4n) is 2.56. The van der Waals surface area contributed by atoms with Crippen LogP contribution in [-0.2, 0) is 0 Å². The van der Waals surface area contributed by atoms with Crippen molar-refractivity contribution >= 4 is 11.7 Å². The van der Waals surface area contributed by atoms with Crippen molar-refractivity contribution < 1.29 is 9.18 Å². The van der Waals surface area contributed by atoms with E-state index < -0.39 is 0 Å². The van der Waals surface area contributed by atoms with Gasteiger partial charge in [0.05, 0.1) is 11.7 Å². The summed E-state index contributed by atoms with van der Waals surface area (Å²) in [5.41, 5.74) is 1.65. The molecule has 2 aliphatic rings. The van der Waals surface area contributed by atoms with Crippen LogP contribution in [0.3, 0.4) is 0 Å². The highest BCUT2D eigenvalue weighted by Crippen LogP contribution is 2.39. The molecule has 1 aromatic carbocycles. The standard InChI is InChI=1S/C15H16FN5O/c16-11-3-5-12(6-4-11)17-15(22)20-7-13(8-20)21-9-14(18-19-21)10-1-2-10/h3-6,9-10,13H,1-2,7-8H2,(H,17,22). The zero-order chi connectivity index (χ0) is 15.1. The van der Waals surface area contributed by atoms with Crippen molar-refractivity contribution in [3.63, 3.8) is 0 Å². The number of carbonyl (C=O) groups excluding carboxylic acids is 1. The normalized spacial score (nSPS) is 18.1. The maximum Gasteiger partial charge on any atom is 0.321 e. The van der Waals surface area contributed by atoms with Crippen molar-refractivity contribution in [1.29, 1.82) is 0 Å². The molecule has 4 rings (SSSR count). The fourth-order valence-corrected chi connectivity index (χ4v) is 2.56. The molecular formula is C15H16FN5O. The molecular weight excluding hydrogens is 285 g/mol. The first kappa shape index (κ1) is 13.2. The van der Waals surface area contributed by atoms with E-state index in [9.17, 15) is 9.18 Å². The van der Waals surface area contributed by atoms with Crippen LogP contribution in [0.1, 0.15) is 30.5 Å². The summed E-state index contributed by atoms with van der Waals surface area (Å²) in [5, 5.41) is 11.1. The van der Waals surface area contributed by atoms with Gasteiger partial charge in [0.1, 0.15) is 5.82 Å². The van der Waals surface area contributed by atoms with Crippen LogP contribution in [0.25, 0.3) is 0 Å². The molecule has 1 aromatic heterocycles. The van der Waals surface area contributed by atoms with Gasteiger partial charge in [-0.05, 0) is 37.1 Å². The average Bonchev–Trinajstić information content (AvgIpc) is 3.20. The lowest BCUT2D eigenvalue weighted by molar-refractivity contribution is 0.127. The van der Waals surface area contributed by atoms with Gasteiger partial charge >= 0.3 is 6.03 Å². The third-order valence-corrected chi connectivity index (χ3v) is 4.14. The molecule has 0 unspecified atom stereocenters. The molecule has 0 atom stereocenters. The minimum absolute atomic E-state index is 0.176. The number of hydrogen-bond donors (Lipinski definition) is 1. The highest BCUT2D eigenvalue weighted by atomic mass is 19.1. The van der Waals surface area contributed by atoms with Gasteiger partial charge in [0.2, 0.25) is 0 Å². The number of rotatable bonds is 3. The molecule has 1 saturated heterocycles. The second-order valence-corrected chi connectivity index (χ2v) is 5.89. The van der Waals surface area contributed by atoms with Crippen molar-refractivity contribution in [1.82, 2.24) is 19.9 Å². The maximum atomic E-state index is 12.8. The summed E-state index contributed by atoms with van der Waals surface area (Å²) in [6, 6.07) is 5.75. The Balaban J connectivity index is 1.32. The van der Waals surface area contributed by atoms with Gasteiger partial charge in [0.15, 0.2) is 0 Å². The summed E-state index contributed by atoms with van der Waals surface area (Å²) in [4.78, 5) is 13.8. The molecule has 2 amide bonds. The predicted molar refractivity (Wildman–Crippen MR) is 78.0 cm³/mol. The number of benzene rings is 1. The van der Waals surface area contributed by atoms with Crippen LogP contribution in [0.2, 0.25) is 0 Å². The summed E-state index contributed by atoms with van der Waals surface area (Å²) in [6.07, 6.45) is 4.41. The molecule has 0 bridgehead atoms. The summed E-state index contributed by atoms with van der Waals surface area (Å²) in [6.45, 7) is 1.22. The summed E-state index contributed by atoms with van der Waals surface area (Å²) < 4.78 is 14.7. The average molecular weight is 301 g/mol. The van der Waals surface area contributed by atoms with Crippen LogP contribution in [0, 0.1) is 5.82 Å². The number of amides is 2. The zero-order valence-corrected chi connectivity index (χ0v) is 11.9. The van der Waals surface area contributed by atoms with Gasteiger partial charge < -0.3 is 10.2 Å². The molecule has 1 saturated carbocycles. The number of nitrogens with zero attached hydrogens (tertiary/aromatic N) is 4. The van der Waals surface area contributed by atoms with Crippen molar-refractivity contribution in [2.45, 2.75) is 24.8 Å². The SMILES string of the molecule is O=C(Nc1ccc(F)cc1)N1CC(n2cc(C3CC3)nn2)C1. The third kappa shape index (κ3) is 2.54. The number of urea groups is 1. The van der Waals surface area contributed by atoms with Crippen LogP contribution in [0.15, 0.2) is 30.5 Å². The number of halogens is 1. The number of likely N-dealkylation sites (tertiary alicyclic amines) is 1. The Morgan fingerprint density at radius 2 is 1.95 bits per heavy atom. The number of anilines is 1. The van der Waals surface area contributed by atoms with Crippen molar-refractivity contribution in [2.24, 2.45) is 0 Å². The lowest BCUT2D eigenvalue weighted by Crippen LogP contribution is -2.52. The number of nitrogens with one attached hydrogen (secondary N) is 1. The van der Waals surface area contributed by atoms with E-state index >= 15 is 0 Å². The van der Waals surface area contributed by atoms with E-state index in [1.807, 2.05) is 10.9 Å². The van der Waals surface area contributed by atoms with Crippen LogP contribution in [0.4, 0.5) is 14.9 Å². The maximum absolute atomic E-state index is 12.8. The minimum atomic E-state index is -0.320. The zero-order valence-electron chi connectivity index (χ0n) is 11.9. The molecule has 6 nitrogen and oxygen atoms in total. The van der Waals surface area contributed by atoms with E-state index in [-0.39, 0.29) is 17.9 Å². The summed E-state index contributed by atoms with van der Waals surface area (Å²) in [5.74, 6) is 0.270. The van der Waals surface area contributed by atoms with E-state index in [1.54, 1.807) is 17.0 Å². The minimum Gasteiger partial charge on any atom is -0.320 e. The Morgan fingerprint density at radius 3 is 2.64 bits per heavy atom. The quantitative estimate of drug-likeness (QED) is 0.946. The van der Waals surface area contributed by atoms with Gasteiger partial charge in [-0.15, -0.1) is 5.10 Å². The van der Waals surface area contributed by atoms with Gasteiger partial charge in [-0.2, -0.15) is 0 Å². The first-order valence-corrected chi connectivity index (χ1v) is 7.42. The monoisotopic (exact) mass is 301 g/mol. The van der Waals surface area contributed by atoms with Crippen LogP contribution in [-0.4, -0.2) is 39.0 Å². The van der Waals surface area contributed by atoms with Gasteiger partial charge in [-0.1, -0.05) is 5.21 Å². The second-order valence-electron chi connectivity index (χ2n) is 5.89. The van der Waals surface area contributed by atoms with Crippen LogP contribution in [0.5, 0.6) is 0 Å². The van der Waals surface area contributed by atoms with E-state index in [2.05, 4.69) is 15.6 Å². The Bertz CT molecular complexity index is 688. The topological polar surface area (TPSA) is 63.1 Å². The lowest BCUT2D eigenvalue weighted by atomic mass is 10.1. The van der Waals surface area contributed by atoms with Crippen molar-refractivity contribution in [3.05, 3.63) is 42.0 Å². The molecule has 1 aliphatic carbocycles. The Labute approximate surface area is 126 Å². The van der Waals surface area contributed by atoms with E-state index in [1.165, 1.54) is 25.0 Å². The first-order chi connectivity index (χ1) is 10.7. The molecule has 2 fully saturated rings. The first-order valence-electron chi connectivity index (χ1n) is 7.42. The molecule has 7 heteroatoms. The lowest BCUT2D eigenvalue weighted by Gasteiger charge is -2.38. The third-order valence-electron chi connectivity index (χ3n) is 4.14. The highest BCUT2D eigenvalue weighted by molar-refractivity contribution is 5.89. The molecule has 2 aromatic rings. The molecule has 114 valence electrons. The van der Waals surface area contributed by atoms with E-state index in [0.717, 1.165) is 5.69 Å². The predicted octanol–water partition coefficient (Wildman–Crippen LogP) is 2.38. The Hall–Kier alpha value is -2.44. The Morgan fingerprint density at radius 1 is 1.23 bits per heavy atom. The van der Waals surface area contributed by atoms with Crippen LogP contribution < -0.4 is 5.32 Å². The van der Waals surface area contributed by atoms with Crippen molar-refractivity contribution in [3.8, 4) is 0 Å². The molecule has 22 heavy (non-hydrogen) atoms. The highest BCUT2D eigenvalue weighted by Gasteiger charge is 2.34. The van der Waals surface area contributed by atoms with Gasteiger partial charge in [0.25, 0.3) is 0 Å². The molecule has 1 N–H and O–H groups in total. The molecule has 0 radical (unpaired) electrons. The van der Waals surface area contributed by atoms with Gasteiger partial charge in [-0.3, -0.25) is 0 Å². The van der Waals surface area contributed by atoms with E-state index in [0.29, 0.717) is 24.7 Å². The van der Waals surface area contributed by atoms with Crippen LogP contribution >= 0.6 is 0 Å². The summed E-state index contributed by atoms with van der Waals surface area (Å²) in [7, 11) is 0. The number of aromatic nitrogens is 3. The summed E-state index contributed by atoms with van der Waals surface area (Å²) >= 11 is 0. The van der Waals surface area contributed by atoms with Gasteiger partial charge in [0, 0.05) is 30.9 Å². The van der Waals surface area contributed by atoms with E-state index in [4.69, 9.17) is 0 Å². The molecule has 1 aliphatic heterocycles. The second kappa shape index (κ2) is 5.08.